The molecule has 0 saturated carbocycles. The number of rotatable bonds is 18. The Kier molecular flexibility index (Phi) is 19.2. The molecule has 0 saturated heterocycles. The molecule has 0 amide bonds. The van der Waals surface area contributed by atoms with E-state index in [0.29, 0.717) is 0 Å². The summed E-state index contributed by atoms with van der Waals surface area (Å²) in [5.74, 6) is 0. The number of ether oxygens (including phenoxy) is 1. The zero-order valence-electron chi connectivity index (χ0n) is 15.9. The van der Waals surface area contributed by atoms with Crippen LogP contribution in [-0.2, 0) is 4.74 Å². The minimum atomic E-state index is -1.24. The van der Waals surface area contributed by atoms with Gasteiger partial charge in [-0.25, -0.2) is 4.79 Å². The van der Waals surface area contributed by atoms with Crippen LogP contribution < -0.4 is 0 Å². The van der Waals surface area contributed by atoms with Gasteiger partial charge in [0.1, 0.15) is 0 Å². The lowest BCUT2D eigenvalue weighted by atomic mass is 10.0. The van der Waals surface area contributed by atoms with Crippen LogP contribution in [0.5, 0.6) is 0 Å². The second-order valence-corrected chi connectivity index (χ2v) is 6.85. The Morgan fingerprint density at radius 3 is 1.46 bits per heavy atom. The Morgan fingerprint density at radius 1 is 0.708 bits per heavy atom. The number of hydrogen-bond donors (Lipinski definition) is 1. The second-order valence-electron chi connectivity index (χ2n) is 6.85. The summed E-state index contributed by atoms with van der Waals surface area (Å²) in [6.07, 6.45) is 24.7. The van der Waals surface area contributed by atoms with Crippen LogP contribution in [0.2, 0.25) is 0 Å². The van der Waals surface area contributed by atoms with Crippen molar-refractivity contribution in [3.05, 3.63) is 12.3 Å². The van der Waals surface area contributed by atoms with Crippen LogP contribution in [0, 0.1) is 0 Å². The second kappa shape index (κ2) is 20.1. The van der Waals surface area contributed by atoms with Gasteiger partial charge in [0.25, 0.3) is 0 Å². The zero-order valence-corrected chi connectivity index (χ0v) is 15.9. The maximum Gasteiger partial charge on any atom is 0.510 e. The zero-order chi connectivity index (χ0) is 17.7. The first-order valence-corrected chi connectivity index (χ1v) is 10.3. The molecule has 0 aromatic rings. The van der Waals surface area contributed by atoms with E-state index in [-0.39, 0.29) is 0 Å². The Hall–Kier alpha value is -0.990. The summed E-state index contributed by atoms with van der Waals surface area (Å²) >= 11 is 0. The molecule has 0 radical (unpaired) electrons. The maximum atomic E-state index is 10.1. The van der Waals surface area contributed by atoms with Crippen LogP contribution in [-0.4, -0.2) is 11.3 Å². The highest BCUT2D eigenvalue weighted by atomic mass is 16.7. The van der Waals surface area contributed by atoms with Crippen molar-refractivity contribution in [1.29, 1.82) is 0 Å². The van der Waals surface area contributed by atoms with E-state index in [4.69, 9.17) is 5.11 Å². The molecule has 0 fully saturated rings. The first-order valence-electron chi connectivity index (χ1n) is 10.3. The van der Waals surface area contributed by atoms with E-state index in [1.807, 2.05) is 0 Å². The largest absolute Gasteiger partial charge is 0.510 e. The molecular weight excluding hydrogens is 300 g/mol. The fourth-order valence-electron chi connectivity index (χ4n) is 2.98. The minimum Gasteiger partial charge on any atom is -0.449 e. The summed E-state index contributed by atoms with van der Waals surface area (Å²) in [5.41, 5.74) is 0. The van der Waals surface area contributed by atoms with E-state index in [0.717, 1.165) is 12.8 Å². The summed E-state index contributed by atoms with van der Waals surface area (Å²) in [5, 5.41) is 8.28. The number of allylic oxidation sites excluding steroid dienone is 1. The molecule has 0 spiro atoms. The van der Waals surface area contributed by atoms with Gasteiger partial charge >= 0.3 is 6.16 Å². The van der Waals surface area contributed by atoms with Gasteiger partial charge in [0, 0.05) is 0 Å². The predicted octanol–water partition coefficient (Wildman–Crippen LogP) is 7.85. The topological polar surface area (TPSA) is 46.5 Å². The van der Waals surface area contributed by atoms with Crippen molar-refractivity contribution in [3.63, 3.8) is 0 Å². The predicted molar refractivity (Wildman–Crippen MR) is 102 cm³/mol. The molecule has 0 aromatic carbocycles. The van der Waals surface area contributed by atoms with Crippen LogP contribution in [0.3, 0.4) is 0 Å². The average molecular weight is 341 g/mol. The van der Waals surface area contributed by atoms with Gasteiger partial charge in [-0.1, -0.05) is 103 Å². The molecule has 0 rings (SSSR count). The highest BCUT2D eigenvalue weighted by molar-refractivity contribution is 5.57. The molecule has 0 unspecified atom stereocenters. The van der Waals surface area contributed by atoms with Gasteiger partial charge in [0.2, 0.25) is 0 Å². The number of carboxylic acid groups (broad SMARTS) is 1. The first kappa shape index (κ1) is 23.0. The van der Waals surface area contributed by atoms with Crippen molar-refractivity contribution >= 4 is 6.16 Å². The molecule has 0 heterocycles. The van der Waals surface area contributed by atoms with Gasteiger partial charge in [-0.05, 0) is 18.9 Å². The van der Waals surface area contributed by atoms with E-state index in [2.05, 4.69) is 11.7 Å². The van der Waals surface area contributed by atoms with Crippen LogP contribution in [0.1, 0.15) is 116 Å². The van der Waals surface area contributed by atoms with Gasteiger partial charge in [0.05, 0.1) is 6.26 Å². The normalized spacial score (nSPS) is 11.2. The van der Waals surface area contributed by atoms with Crippen LogP contribution in [0.4, 0.5) is 4.79 Å². The molecule has 1 N–H and O–H groups in total. The molecule has 3 heteroatoms. The third-order valence-electron chi connectivity index (χ3n) is 4.49. The van der Waals surface area contributed by atoms with Gasteiger partial charge in [-0.15, -0.1) is 0 Å². The van der Waals surface area contributed by atoms with Gasteiger partial charge in [-0.2, -0.15) is 0 Å². The van der Waals surface area contributed by atoms with E-state index < -0.39 is 6.16 Å². The van der Waals surface area contributed by atoms with E-state index in [1.165, 1.54) is 103 Å². The van der Waals surface area contributed by atoms with Crippen molar-refractivity contribution in [2.24, 2.45) is 0 Å². The molecule has 3 nitrogen and oxygen atoms in total. The lowest BCUT2D eigenvalue weighted by molar-refractivity contribution is 0.128. The van der Waals surface area contributed by atoms with E-state index in [9.17, 15) is 4.79 Å². The fourth-order valence-corrected chi connectivity index (χ4v) is 2.98. The average Bonchev–Trinajstić information content (AvgIpc) is 2.56. The smallest absolute Gasteiger partial charge is 0.449 e. The van der Waals surface area contributed by atoms with Crippen LogP contribution >= 0.6 is 0 Å². The van der Waals surface area contributed by atoms with Gasteiger partial charge < -0.3 is 9.84 Å². The molecule has 0 bridgehead atoms. The molecule has 0 aliphatic heterocycles. The molecule has 0 atom stereocenters. The standard InChI is InChI=1S/C21H40O3/c1-2-3-4-5-6-7-8-9-10-11-12-13-14-15-16-17-18-19-20-24-21(22)23/h19-20H,2-18H2,1H3,(H,22,23). The molecular formula is C21H40O3. The van der Waals surface area contributed by atoms with Crippen molar-refractivity contribution in [3.8, 4) is 0 Å². The third-order valence-corrected chi connectivity index (χ3v) is 4.49. The Balaban J connectivity index is 3.02. The summed E-state index contributed by atoms with van der Waals surface area (Å²) in [7, 11) is 0. The molecule has 0 aliphatic carbocycles. The van der Waals surface area contributed by atoms with Crippen LogP contribution in [0.25, 0.3) is 0 Å². The Labute approximate surface area is 149 Å². The number of carbonyl (C=O) groups is 1. The van der Waals surface area contributed by atoms with Crippen molar-refractivity contribution < 1.29 is 14.6 Å². The third kappa shape index (κ3) is 21.0. The quantitative estimate of drug-likeness (QED) is 0.157. The van der Waals surface area contributed by atoms with Crippen molar-refractivity contribution in [2.45, 2.75) is 116 Å². The fraction of sp³-hybridized carbons (Fsp3) is 0.857. The minimum absolute atomic E-state index is 0.908. The molecule has 142 valence electrons. The van der Waals surface area contributed by atoms with Crippen molar-refractivity contribution in [2.75, 3.05) is 0 Å². The lowest BCUT2D eigenvalue weighted by Gasteiger charge is -2.03. The summed E-state index contributed by atoms with van der Waals surface area (Å²) in [6.45, 7) is 2.28. The van der Waals surface area contributed by atoms with Crippen LogP contribution in [0.15, 0.2) is 12.3 Å². The van der Waals surface area contributed by atoms with Gasteiger partial charge in [0.15, 0.2) is 0 Å². The SMILES string of the molecule is CCCCCCCCCCCCCCCCCCC=COC(=O)O. The summed E-state index contributed by atoms with van der Waals surface area (Å²) in [4.78, 5) is 10.1. The number of unbranched alkanes of at least 4 members (excludes halogenated alkanes) is 16. The monoisotopic (exact) mass is 340 g/mol. The summed E-state index contributed by atoms with van der Waals surface area (Å²) < 4.78 is 4.31. The lowest BCUT2D eigenvalue weighted by Crippen LogP contribution is -1.91. The first-order chi connectivity index (χ1) is 11.8. The van der Waals surface area contributed by atoms with Gasteiger partial charge in [-0.3, -0.25) is 0 Å². The van der Waals surface area contributed by atoms with E-state index in [1.54, 1.807) is 6.08 Å². The highest BCUT2D eigenvalue weighted by Gasteiger charge is 1.94. The highest BCUT2D eigenvalue weighted by Crippen LogP contribution is 2.14. The molecule has 24 heavy (non-hydrogen) atoms. The Bertz CT molecular complexity index is 287. The molecule has 0 aromatic heterocycles. The van der Waals surface area contributed by atoms with Crippen molar-refractivity contribution in [1.82, 2.24) is 0 Å². The van der Waals surface area contributed by atoms with E-state index >= 15 is 0 Å². The number of hydrogen-bond acceptors (Lipinski definition) is 2. The Morgan fingerprint density at radius 2 is 1.08 bits per heavy atom. The maximum absolute atomic E-state index is 10.1. The molecule has 0 aliphatic rings. The summed E-state index contributed by atoms with van der Waals surface area (Å²) in [6, 6.07) is 0.